The van der Waals surface area contributed by atoms with Gasteiger partial charge in [0.1, 0.15) is 60.2 Å². The Hall–Kier alpha value is -14.9. The molecular formula is C92H87ClF6N12O17S6. The van der Waals surface area contributed by atoms with Crippen molar-refractivity contribution >= 4 is 122 Å². The van der Waals surface area contributed by atoms with Crippen LogP contribution in [-0.4, -0.2) is 81.0 Å². The summed E-state index contributed by atoms with van der Waals surface area (Å²) in [4.78, 5) is 52.9. The van der Waals surface area contributed by atoms with Crippen molar-refractivity contribution in [2.75, 3.05) is 16.4 Å². The summed E-state index contributed by atoms with van der Waals surface area (Å²) in [5.74, 6) is -3.44. The Morgan fingerprint density at radius 1 is 0.410 bits per heavy atom. The van der Waals surface area contributed by atoms with Crippen LogP contribution in [0.2, 0.25) is 5.02 Å². The molecule has 15 rings (SSSR count). The highest BCUT2D eigenvalue weighted by Gasteiger charge is 2.26. The number of thiol groups is 1. The maximum atomic E-state index is 13.8. The predicted octanol–water partition coefficient (Wildman–Crippen LogP) is 22.4. The zero-order chi connectivity index (χ0) is 94.6. The first-order valence-corrected chi connectivity index (χ1v) is 44.6. The number of urea groups is 1. The third kappa shape index (κ3) is 33.8. The number of hydrogen-bond acceptors (Lipinski definition) is 23. The molecule has 15 aromatic rings. The maximum Gasteiger partial charge on any atom is 0.417 e. The van der Waals surface area contributed by atoms with E-state index in [2.05, 4.69) is 49.0 Å². The molecule has 134 heavy (non-hydrogen) atoms. The number of carbonyl (C=O) groups is 2. The molecular weight excluding hydrogens is 1890 g/mol. The van der Waals surface area contributed by atoms with E-state index < -0.39 is 104 Å². The minimum atomic E-state index is -4.01. The van der Waals surface area contributed by atoms with Crippen LogP contribution in [0.25, 0.3) is 0 Å². The third-order valence-corrected chi connectivity index (χ3v) is 25.5. The van der Waals surface area contributed by atoms with Crippen LogP contribution in [0.4, 0.5) is 70.1 Å². The SMILES string of the molecule is C.C.C.C.Fc1ccccc1S.NCc1cn[nH]c1.Nc1ccc(S(=O)(=O)c2ccccc2F)cc1.O=C(NCc1cn[nH]c1)Nc1ccc(S(=O)(=O)c2ccccc2F)cc1.O=C(Nc1ccc(S(=O)(=O)c2ccccc2F)cc1)Oc1ccccc1.O=[N+]([O-])c1ccc(Cl)cc1.O=[N+]([O-])c1ccc(S(=O)(=O)c2ccccc2F)cc1.O=[N+]([O-])c1ccc(Sc2ccccc2F)cc1. The van der Waals surface area contributed by atoms with E-state index in [4.69, 9.17) is 27.8 Å². The molecule has 0 aliphatic carbocycles. The fraction of sp³-hybridized carbons (Fsp3) is 0.0652. The van der Waals surface area contributed by atoms with Crippen LogP contribution in [-0.2, 0) is 52.4 Å². The van der Waals surface area contributed by atoms with E-state index in [0.29, 0.717) is 50.7 Å². The van der Waals surface area contributed by atoms with Gasteiger partial charge in [-0.1, -0.05) is 144 Å². The predicted molar refractivity (Wildman–Crippen MR) is 504 cm³/mol. The number of ether oxygens (including phenoxy) is 1. The Morgan fingerprint density at radius 2 is 0.731 bits per heavy atom. The van der Waals surface area contributed by atoms with Gasteiger partial charge in [0.25, 0.3) is 17.1 Å². The molecule has 2 aromatic heterocycles. The van der Waals surface area contributed by atoms with Crippen molar-refractivity contribution in [1.82, 2.24) is 25.7 Å². The summed E-state index contributed by atoms with van der Waals surface area (Å²) >= 11 is 10.6. The van der Waals surface area contributed by atoms with Crippen molar-refractivity contribution in [2.24, 2.45) is 5.73 Å². The van der Waals surface area contributed by atoms with Crippen LogP contribution in [0.5, 0.6) is 5.75 Å². The molecule has 0 aliphatic rings. The zero-order valence-corrected chi connectivity index (χ0v) is 72.5. The van der Waals surface area contributed by atoms with Crippen molar-refractivity contribution in [2.45, 2.75) is 96.6 Å². The third-order valence-electron chi connectivity index (χ3n) is 16.6. The number of para-hydroxylation sites is 1. The Balaban J connectivity index is 0.000000329. The molecule has 0 radical (unpaired) electrons. The van der Waals surface area contributed by atoms with Gasteiger partial charge < -0.3 is 26.8 Å². The monoisotopic (exact) mass is 1970 g/mol. The minimum absolute atomic E-state index is 0. The highest BCUT2D eigenvalue weighted by atomic mass is 35.5. The Bertz CT molecular complexity index is 6780. The lowest BCUT2D eigenvalue weighted by Gasteiger charge is -2.09. The van der Waals surface area contributed by atoms with E-state index in [0.717, 1.165) is 70.6 Å². The number of aromatic amines is 2. The van der Waals surface area contributed by atoms with Gasteiger partial charge >= 0.3 is 12.1 Å². The molecule has 2 heterocycles. The van der Waals surface area contributed by atoms with Crippen molar-refractivity contribution < 1.29 is 89.1 Å². The van der Waals surface area contributed by atoms with E-state index in [1.165, 1.54) is 200 Å². The molecule has 0 unspecified atom stereocenters. The summed E-state index contributed by atoms with van der Waals surface area (Å²) in [6.07, 6.45) is 6.02. The topological polar surface area (TPSA) is 455 Å². The fourth-order valence-electron chi connectivity index (χ4n) is 10.2. The van der Waals surface area contributed by atoms with Gasteiger partial charge in [0.15, 0.2) is 0 Å². The summed E-state index contributed by atoms with van der Waals surface area (Å²) in [5, 5.41) is 52.0. The molecule has 9 N–H and O–H groups in total. The molecule has 0 saturated heterocycles. The number of hydrogen-bond donors (Lipinski definition) is 8. The quantitative estimate of drug-likeness (QED) is 0.0122. The number of aromatic nitrogens is 4. The summed E-state index contributed by atoms with van der Waals surface area (Å²) < 4.78 is 183. The number of carbonyl (C=O) groups excluding carboxylic acids is 2. The van der Waals surface area contributed by atoms with Crippen LogP contribution >= 0.6 is 36.0 Å². The van der Waals surface area contributed by atoms with Crippen LogP contribution in [0.1, 0.15) is 40.8 Å². The van der Waals surface area contributed by atoms with Crippen molar-refractivity contribution in [3.05, 3.63) is 428 Å². The number of nitrogens with one attached hydrogen (secondary N) is 5. The molecule has 3 amide bonds. The molecule has 0 atom stereocenters. The lowest BCUT2D eigenvalue weighted by Crippen LogP contribution is -2.28. The number of nitro groups is 3. The molecule has 42 heteroatoms. The summed E-state index contributed by atoms with van der Waals surface area (Å²) in [5.41, 5.74) is 13.6. The van der Waals surface area contributed by atoms with E-state index in [1.54, 1.807) is 104 Å². The van der Waals surface area contributed by atoms with Gasteiger partial charge in [-0.05, 0) is 194 Å². The highest BCUT2D eigenvalue weighted by Crippen LogP contribution is 2.33. The number of nitrogen functional groups attached to an aromatic ring is 1. The molecule has 13 aromatic carbocycles. The number of non-ortho nitro benzene ring substituents is 3. The number of sulfone groups is 4. The van der Waals surface area contributed by atoms with Crippen molar-refractivity contribution in [3.63, 3.8) is 0 Å². The van der Waals surface area contributed by atoms with Crippen LogP contribution < -0.4 is 32.2 Å². The number of rotatable bonds is 19. The Morgan fingerprint density at radius 3 is 1.07 bits per heavy atom. The van der Waals surface area contributed by atoms with Gasteiger partial charge in [-0.2, -0.15) is 10.2 Å². The van der Waals surface area contributed by atoms with Crippen LogP contribution in [0, 0.1) is 65.2 Å². The van der Waals surface area contributed by atoms with Gasteiger partial charge in [0.2, 0.25) is 39.3 Å². The number of halogens is 7. The maximum absolute atomic E-state index is 13.8. The molecule has 0 spiro atoms. The van der Waals surface area contributed by atoms with Crippen molar-refractivity contribution in [1.29, 1.82) is 0 Å². The highest BCUT2D eigenvalue weighted by molar-refractivity contribution is 7.99. The zero-order valence-electron chi connectivity index (χ0n) is 66.8. The van der Waals surface area contributed by atoms with Gasteiger partial charge in [-0.25, -0.2) is 69.6 Å². The van der Waals surface area contributed by atoms with Gasteiger partial charge in [-0.15, -0.1) is 12.6 Å². The second-order valence-electron chi connectivity index (χ2n) is 25.6. The number of amides is 3. The number of nitrogens with two attached hydrogens (primary N) is 2. The van der Waals surface area contributed by atoms with Crippen molar-refractivity contribution in [3.8, 4) is 5.75 Å². The average Bonchev–Trinajstić information content (AvgIpc) is 0.907. The van der Waals surface area contributed by atoms with Gasteiger partial charge in [0.05, 0.1) is 46.7 Å². The second-order valence-corrected chi connectivity index (χ2v) is 35.3. The fourth-order valence-corrected chi connectivity index (χ4v) is 16.6. The van der Waals surface area contributed by atoms with E-state index in [1.807, 2.05) is 0 Å². The first-order chi connectivity index (χ1) is 62.0. The summed E-state index contributed by atoms with van der Waals surface area (Å²) in [6.45, 7) is 0.860. The smallest absolute Gasteiger partial charge is 0.410 e. The Labute approximate surface area is 783 Å². The van der Waals surface area contributed by atoms with Crippen LogP contribution in [0.15, 0.2) is 400 Å². The normalized spacial score (nSPS) is 10.3. The van der Waals surface area contributed by atoms with E-state index in [9.17, 15) is 99.9 Å². The van der Waals surface area contributed by atoms with E-state index >= 15 is 0 Å². The first kappa shape index (κ1) is 111. The van der Waals surface area contributed by atoms with E-state index in [-0.39, 0.29) is 82.9 Å². The largest absolute Gasteiger partial charge is 0.417 e. The van der Waals surface area contributed by atoms with Gasteiger partial charge in [0, 0.05) is 110 Å². The molecule has 0 bridgehead atoms. The van der Waals surface area contributed by atoms with Gasteiger partial charge in [-0.3, -0.25) is 45.9 Å². The molecule has 0 fully saturated rings. The number of H-pyrrole nitrogens is 2. The number of nitrogens with zero attached hydrogens (tertiary/aromatic N) is 5. The molecule has 0 aliphatic heterocycles. The van der Waals surface area contributed by atoms with Crippen LogP contribution in [0.3, 0.4) is 0 Å². The Kier molecular flexibility index (Phi) is 45.0. The molecule has 702 valence electrons. The summed E-state index contributed by atoms with van der Waals surface area (Å²) in [7, 11) is -15.8. The summed E-state index contributed by atoms with van der Waals surface area (Å²) in [6, 6.07) is 74.0. The standard InChI is InChI=1S/C19H14FNO4S.C17H15FN4O3S.C12H8FNO4S.C12H10FNO2S.C12H8FNO2S.C6H4ClNO2.C6H5FS.C4H7N3.4CH4/c20-17-8-4-5-9-18(17)26(23,24)16-12-10-14(11-13-16)21-19(22)25-15-6-2-1-3-7-15;18-15-3-1-2-4-16(15)26(24,25)14-7-5-13(6-8-14)22-17(23)19-9-12-10-20-21-11-12;13-11-3-1-2-4-12(11)19(17,18)10-7-5-9(6-8-10)14(15)16;13-11-3-1-2-4-12(11)17(15,16)10-7-5-9(14)6-8-10;13-11-3-1-2-4-12(11)17-10-7-5-9(6-8-10)14(15)16;7-5-1-3-6(4-2-5)8(9)10;7-5-3-1-2-4-6(5)8;5-1-4-2-6-7-3-4;;;;/h1-13H,(H,21,22);1-8,10-11H,9H2,(H,20,21)(H2,19,22,23);1-8H;1-8H,14H2;1-8H;1-4H;1-4,8H;2-3H,1,5H2,(H,6,7);4*1H4. The minimum Gasteiger partial charge on any atom is -0.410 e. The first-order valence-electron chi connectivity index (χ1n) is 37.0. The lowest BCUT2D eigenvalue weighted by molar-refractivity contribution is -0.385. The lowest BCUT2D eigenvalue weighted by atomic mass is 10.3. The molecule has 29 nitrogen and oxygen atoms in total. The molecule has 0 saturated carbocycles. The number of benzene rings is 13. The number of anilines is 3. The average molecular weight is 1970 g/mol. The number of nitro benzene ring substituents is 3. The second kappa shape index (κ2) is 54.1.